The molecule has 0 unspecified atom stereocenters. The smallest absolute Gasteiger partial charge is 0.303 e. The minimum absolute atomic E-state index is 0.0486. The number of hydrogen-bond acceptors (Lipinski definition) is 4. The summed E-state index contributed by atoms with van der Waals surface area (Å²) in [6.45, 7) is 0.395. The lowest BCUT2D eigenvalue weighted by Gasteiger charge is -2.11. The fourth-order valence-electron chi connectivity index (χ4n) is 1.88. The van der Waals surface area contributed by atoms with Gasteiger partial charge in [-0.25, -0.2) is 0 Å². The molecule has 2 N–H and O–H groups in total. The van der Waals surface area contributed by atoms with E-state index in [2.05, 4.69) is 5.32 Å². The van der Waals surface area contributed by atoms with Crippen LogP contribution >= 0.6 is 11.8 Å². The summed E-state index contributed by atoms with van der Waals surface area (Å²) >= 11 is 1.50. The molecule has 1 aromatic heterocycles. The molecule has 6 heteroatoms. The number of carbonyl (C=O) groups excluding carboxylic acids is 1. The average Bonchev–Trinajstić information content (AvgIpc) is 2.91. The first-order chi connectivity index (χ1) is 9.10. The zero-order chi connectivity index (χ0) is 13.7. The predicted molar refractivity (Wildman–Crippen MR) is 71.8 cm³/mol. The Bertz CT molecular complexity index is 440. The van der Waals surface area contributed by atoms with Gasteiger partial charge in [0.1, 0.15) is 5.76 Å². The summed E-state index contributed by atoms with van der Waals surface area (Å²) in [5.41, 5.74) is -0.0577. The molecule has 0 saturated heterocycles. The molecule has 0 atom stereocenters. The number of carboxylic acid groups (broad SMARTS) is 1. The van der Waals surface area contributed by atoms with Crippen molar-refractivity contribution < 1.29 is 19.1 Å². The van der Waals surface area contributed by atoms with Crippen molar-refractivity contribution in [3.05, 3.63) is 24.2 Å². The van der Waals surface area contributed by atoms with Crippen molar-refractivity contribution in [2.75, 3.05) is 11.5 Å². The Labute approximate surface area is 115 Å². The number of furan rings is 1. The Hall–Kier alpha value is -1.43. The molecule has 1 fully saturated rings. The molecule has 0 bridgehead atoms. The van der Waals surface area contributed by atoms with Crippen molar-refractivity contribution in [2.45, 2.75) is 25.8 Å². The second-order valence-electron chi connectivity index (χ2n) is 4.92. The third-order valence-electron chi connectivity index (χ3n) is 3.16. The van der Waals surface area contributed by atoms with Gasteiger partial charge in [-0.05, 0) is 36.1 Å². The van der Waals surface area contributed by atoms with Crippen LogP contribution in [0.4, 0.5) is 0 Å². The monoisotopic (exact) mass is 283 g/mol. The quantitative estimate of drug-likeness (QED) is 0.761. The van der Waals surface area contributed by atoms with Crippen LogP contribution in [0.3, 0.4) is 0 Å². The number of rotatable bonds is 8. The lowest BCUT2D eigenvalue weighted by Crippen LogP contribution is -2.25. The van der Waals surface area contributed by atoms with E-state index in [4.69, 9.17) is 9.52 Å². The van der Waals surface area contributed by atoms with Gasteiger partial charge in [0, 0.05) is 0 Å². The zero-order valence-electron chi connectivity index (χ0n) is 10.6. The lowest BCUT2D eigenvalue weighted by atomic mass is 10.1. The molecule has 1 saturated carbocycles. The lowest BCUT2D eigenvalue weighted by molar-refractivity contribution is -0.138. The molecule has 1 aliphatic carbocycles. The molecule has 1 aromatic rings. The van der Waals surface area contributed by atoms with Crippen LogP contribution in [-0.2, 0) is 16.1 Å². The third-order valence-corrected chi connectivity index (χ3v) is 4.45. The largest absolute Gasteiger partial charge is 0.481 e. The fourth-order valence-corrected chi connectivity index (χ4v) is 3.09. The standard InChI is InChI=1S/C13H17NO4S/c15-11(14-7-10-2-1-5-18-10)8-19-9-13(3-4-13)6-12(16)17/h1-2,5H,3-4,6-9H2,(H,14,15)(H,16,17). The summed E-state index contributed by atoms with van der Waals surface area (Å²) in [5, 5.41) is 11.6. The molecule has 1 amide bonds. The normalized spacial score (nSPS) is 16.0. The van der Waals surface area contributed by atoms with E-state index in [0.29, 0.717) is 12.3 Å². The number of carbonyl (C=O) groups is 2. The van der Waals surface area contributed by atoms with Crippen LogP contribution < -0.4 is 5.32 Å². The fraction of sp³-hybridized carbons (Fsp3) is 0.538. The highest BCUT2D eigenvalue weighted by atomic mass is 32.2. The zero-order valence-corrected chi connectivity index (χ0v) is 11.4. The highest BCUT2D eigenvalue weighted by Gasteiger charge is 2.44. The minimum Gasteiger partial charge on any atom is -0.481 e. The number of hydrogen-bond donors (Lipinski definition) is 2. The van der Waals surface area contributed by atoms with Gasteiger partial charge in [0.15, 0.2) is 0 Å². The van der Waals surface area contributed by atoms with Crippen LogP contribution in [0.25, 0.3) is 0 Å². The first-order valence-corrected chi connectivity index (χ1v) is 7.34. The molecule has 1 aliphatic rings. The second-order valence-corrected chi connectivity index (χ2v) is 5.91. The average molecular weight is 283 g/mol. The maximum Gasteiger partial charge on any atom is 0.303 e. The predicted octanol–water partition coefficient (Wildman–Crippen LogP) is 1.88. The van der Waals surface area contributed by atoms with E-state index < -0.39 is 5.97 Å². The van der Waals surface area contributed by atoms with Gasteiger partial charge in [0.2, 0.25) is 5.91 Å². The SMILES string of the molecule is O=C(O)CC1(CSCC(=O)NCc2ccco2)CC1. The first-order valence-electron chi connectivity index (χ1n) is 6.18. The molecule has 0 aromatic carbocycles. The molecular formula is C13H17NO4S. The topological polar surface area (TPSA) is 79.5 Å². The van der Waals surface area contributed by atoms with Crippen LogP contribution in [0.5, 0.6) is 0 Å². The Balaban J connectivity index is 1.60. The Morgan fingerprint density at radius 3 is 2.84 bits per heavy atom. The number of carboxylic acids is 1. The summed E-state index contributed by atoms with van der Waals surface area (Å²) in [5.74, 6) is 1.03. The van der Waals surface area contributed by atoms with Crippen LogP contribution in [0.2, 0.25) is 0 Å². The highest BCUT2D eigenvalue weighted by Crippen LogP contribution is 2.50. The first kappa shape index (κ1) is 14.0. The van der Waals surface area contributed by atoms with Crippen LogP contribution in [0.1, 0.15) is 25.0 Å². The van der Waals surface area contributed by atoms with Gasteiger partial charge < -0.3 is 14.8 Å². The van der Waals surface area contributed by atoms with E-state index >= 15 is 0 Å². The molecular weight excluding hydrogens is 266 g/mol. The van der Waals surface area contributed by atoms with Crippen molar-refractivity contribution >= 4 is 23.6 Å². The van der Waals surface area contributed by atoms with Gasteiger partial charge in [-0.3, -0.25) is 9.59 Å². The number of thioether (sulfide) groups is 1. The molecule has 0 radical (unpaired) electrons. The van der Waals surface area contributed by atoms with E-state index in [9.17, 15) is 9.59 Å². The van der Waals surface area contributed by atoms with E-state index in [0.717, 1.165) is 24.4 Å². The Kier molecular flexibility index (Phi) is 4.52. The molecule has 1 heterocycles. The van der Waals surface area contributed by atoms with Gasteiger partial charge in [0.25, 0.3) is 0 Å². The molecule has 0 aliphatic heterocycles. The van der Waals surface area contributed by atoms with Crippen LogP contribution in [0.15, 0.2) is 22.8 Å². The third kappa shape index (κ3) is 4.63. The Morgan fingerprint density at radius 2 is 2.26 bits per heavy atom. The van der Waals surface area contributed by atoms with E-state index in [1.54, 1.807) is 18.4 Å². The maximum atomic E-state index is 11.6. The molecule has 2 rings (SSSR count). The van der Waals surface area contributed by atoms with E-state index in [-0.39, 0.29) is 17.7 Å². The molecule has 0 spiro atoms. The molecule has 5 nitrogen and oxygen atoms in total. The highest BCUT2D eigenvalue weighted by molar-refractivity contribution is 7.99. The van der Waals surface area contributed by atoms with Gasteiger partial charge in [-0.1, -0.05) is 0 Å². The van der Waals surface area contributed by atoms with Crippen molar-refractivity contribution in [3.63, 3.8) is 0 Å². The van der Waals surface area contributed by atoms with Crippen molar-refractivity contribution in [1.82, 2.24) is 5.32 Å². The van der Waals surface area contributed by atoms with Crippen LogP contribution in [0, 0.1) is 5.41 Å². The van der Waals surface area contributed by atoms with E-state index in [1.807, 2.05) is 0 Å². The van der Waals surface area contributed by atoms with Gasteiger partial charge in [-0.2, -0.15) is 11.8 Å². The van der Waals surface area contributed by atoms with Crippen LogP contribution in [-0.4, -0.2) is 28.5 Å². The summed E-state index contributed by atoms with van der Waals surface area (Å²) in [6, 6.07) is 3.58. The number of aliphatic carboxylic acids is 1. The molecule has 104 valence electrons. The summed E-state index contributed by atoms with van der Waals surface area (Å²) in [4.78, 5) is 22.3. The molecule has 19 heavy (non-hydrogen) atoms. The van der Waals surface area contributed by atoms with Crippen molar-refractivity contribution in [1.29, 1.82) is 0 Å². The summed E-state index contributed by atoms with van der Waals surface area (Å²) in [7, 11) is 0. The van der Waals surface area contributed by atoms with Gasteiger partial charge in [-0.15, -0.1) is 0 Å². The number of amides is 1. The number of nitrogens with one attached hydrogen (secondary N) is 1. The van der Waals surface area contributed by atoms with Crippen molar-refractivity contribution in [3.8, 4) is 0 Å². The van der Waals surface area contributed by atoms with Gasteiger partial charge in [0.05, 0.1) is 25.0 Å². The summed E-state index contributed by atoms with van der Waals surface area (Å²) < 4.78 is 5.11. The van der Waals surface area contributed by atoms with E-state index in [1.165, 1.54) is 11.8 Å². The summed E-state index contributed by atoms with van der Waals surface area (Å²) in [6.07, 6.45) is 3.70. The Morgan fingerprint density at radius 1 is 1.47 bits per heavy atom. The van der Waals surface area contributed by atoms with Gasteiger partial charge >= 0.3 is 5.97 Å². The minimum atomic E-state index is -0.750. The second kappa shape index (κ2) is 6.14. The maximum absolute atomic E-state index is 11.6. The van der Waals surface area contributed by atoms with Crippen molar-refractivity contribution in [2.24, 2.45) is 5.41 Å².